The van der Waals surface area contributed by atoms with Gasteiger partial charge < -0.3 is 0 Å². The lowest BCUT2D eigenvalue weighted by Gasteiger charge is -2.10. The molecule has 144 valence electrons. The second-order valence-corrected chi connectivity index (χ2v) is 5.61. The van der Waals surface area contributed by atoms with Crippen molar-refractivity contribution in [3.05, 3.63) is 11.6 Å². The van der Waals surface area contributed by atoms with Gasteiger partial charge in [-0.2, -0.15) is 29.9 Å². The number of carbonyl (C=O) groups excluding carboxylic acids is 4. The van der Waals surface area contributed by atoms with Gasteiger partial charge in [0.2, 0.25) is 47.4 Å². The number of aromatic nitrogens is 6. The monoisotopic (exact) mass is 386 g/mol. The first-order valence-electron chi connectivity index (χ1n) is 7.91. The normalized spacial score (nSPS) is 15.2. The van der Waals surface area contributed by atoms with Crippen LogP contribution in [0.5, 0.6) is 0 Å². The van der Waals surface area contributed by atoms with Gasteiger partial charge in [0.1, 0.15) is 24.5 Å². The SMILES string of the molecule is Cc1nc2nc(n1)NC(=O)CC(=O)Nc1nc(C)nc(n1)NC(=O)CC(=O)N2. The van der Waals surface area contributed by atoms with Gasteiger partial charge >= 0.3 is 0 Å². The summed E-state index contributed by atoms with van der Waals surface area (Å²) in [5, 5.41) is 9.32. The van der Waals surface area contributed by atoms with E-state index >= 15 is 0 Å². The van der Waals surface area contributed by atoms with Crippen LogP contribution in [0.25, 0.3) is 0 Å². The van der Waals surface area contributed by atoms with Crippen molar-refractivity contribution in [3.63, 3.8) is 0 Å². The van der Waals surface area contributed by atoms with E-state index in [9.17, 15) is 19.2 Å². The third-order valence-electron chi connectivity index (χ3n) is 3.14. The van der Waals surface area contributed by atoms with Gasteiger partial charge in [0, 0.05) is 0 Å². The van der Waals surface area contributed by atoms with Crippen LogP contribution in [-0.4, -0.2) is 53.5 Å². The molecule has 4 N–H and O–H groups in total. The molecule has 4 amide bonds. The summed E-state index contributed by atoms with van der Waals surface area (Å²) in [6.07, 6.45) is -1.14. The quantitative estimate of drug-likeness (QED) is 0.404. The smallest absolute Gasteiger partial charge is 0.236 e. The lowest BCUT2D eigenvalue weighted by molar-refractivity contribution is -0.125. The minimum absolute atomic E-state index is 0.157. The van der Waals surface area contributed by atoms with Crippen molar-refractivity contribution >= 4 is 47.4 Å². The molecular formula is C14H14N10O4. The largest absolute Gasteiger partial charge is 0.294 e. The topological polar surface area (TPSA) is 194 Å². The molecule has 28 heavy (non-hydrogen) atoms. The average molecular weight is 386 g/mol. The molecule has 14 nitrogen and oxygen atoms in total. The summed E-state index contributed by atoms with van der Waals surface area (Å²) in [6, 6.07) is 0. The fraction of sp³-hybridized carbons (Fsp3) is 0.286. The summed E-state index contributed by atoms with van der Waals surface area (Å²) < 4.78 is 0. The molecule has 0 radical (unpaired) electrons. The van der Waals surface area contributed by atoms with E-state index < -0.39 is 36.5 Å². The first kappa shape index (κ1) is 18.7. The van der Waals surface area contributed by atoms with Crippen molar-refractivity contribution in [1.82, 2.24) is 29.9 Å². The summed E-state index contributed by atoms with van der Waals surface area (Å²) >= 11 is 0. The van der Waals surface area contributed by atoms with Gasteiger partial charge in [-0.3, -0.25) is 40.4 Å². The Kier molecular flexibility index (Phi) is 5.10. The molecular weight excluding hydrogens is 372 g/mol. The number of rotatable bonds is 0. The lowest BCUT2D eigenvalue weighted by Crippen LogP contribution is -2.26. The van der Waals surface area contributed by atoms with Crippen LogP contribution in [0.3, 0.4) is 0 Å². The predicted molar refractivity (Wildman–Crippen MR) is 92.9 cm³/mol. The Labute approximate surface area is 157 Å². The summed E-state index contributed by atoms with van der Waals surface area (Å²) in [5.74, 6) is -3.02. The molecule has 14 heteroatoms. The van der Waals surface area contributed by atoms with Crippen molar-refractivity contribution in [2.24, 2.45) is 0 Å². The Morgan fingerprint density at radius 3 is 1.00 bits per heavy atom. The van der Waals surface area contributed by atoms with E-state index in [-0.39, 0.29) is 35.4 Å². The Morgan fingerprint density at radius 1 is 0.500 bits per heavy atom. The van der Waals surface area contributed by atoms with E-state index in [1.165, 1.54) is 13.8 Å². The Morgan fingerprint density at radius 2 is 0.750 bits per heavy atom. The average Bonchev–Trinajstić information content (AvgIpc) is 2.51. The maximum Gasteiger partial charge on any atom is 0.236 e. The molecule has 1 aliphatic heterocycles. The van der Waals surface area contributed by atoms with Crippen molar-refractivity contribution in [2.75, 3.05) is 21.3 Å². The van der Waals surface area contributed by atoms with E-state index in [0.717, 1.165) is 0 Å². The van der Waals surface area contributed by atoms with Crippen molar-refractivity contribution < 1.29 is 19.2 Å². The summed E-state index contributed by atoms with van der Waals surface area (Å²) in [5.41, 5.74) is 0. The fourth-order valence-corrected chi connectivity index (χ4v) is 2.15. The van der Waals surface area contributed by atoms with Crippen LogP contribution in [0.1, 0.15) is 24.5 Å². The number of amides is 4. The minimum Gasteiger partial charge on any atom is -0.294 e. The Balaban J connectivity index is 1.92. The van der Waals surface area contributed by atoms with Crippen LogP contribution in [-0.2, 0) is 19.2 Å². The molecule has 0 aliphatic carbocycles. The maximum atomic E-state index is 12.0. The molecule has 0 unspecified atom stereocenters. The van der Waals surface area contributed by atoms with Crippen LogP contribution in [0.15, 0.2) is 0 Å². The molecule has 3 heterocycles. The first-order valence-corrected chi connectivity index (χ1v) is 7.91. The van der Waals surface area contributed by atoms with Crippen LogP contribution < -0.4 is 21.3 Å². The van der Waals surface area contributed by atoms with E-state index in [1.807, 2.05) is 0 Å². The molecule has 1 aliphatic rings. The van der Waals surface area contributed by atoms with Gasteiger partial charge in [-0.05, 0) is 13.8 Å². The number of hydrogen-bond donors (Lipinski definition) is 4. The number of anilines is 4. The van der Waals surface area contributed by atoms with E-state index in [0.29, 0.717) is 0 Å². The number of aryl methyl sites for hydroxylation is 2. The van der Waals surface area contributed by atoms with Crippen LogP contribution in [0, 0.1) is 13.8 Å². The molecule has 2 aromatic rings. The van der Waals surface area contributed by atoms with Gasteiger partial charge in [0.25, 0.3) is 0 Å². The Hall–Kier alpha value is -4.10. The third kappa shape index (κ3) is 4.96. The highest BCUT2D eigenvalue weighted by Crippen LogP contribution is 2.09. The Bertz CT molecular complexity index is 844. The van der Waals surface area contributed by atoms with E-state index in [1.54, 1.807) is 0 Å². The molecule has 0 atom stereocenters. The highest BCUT2D eigenvalue weighted by molar-refractivity contribution is 6.08. The van der Waals surface area contributed by atoms with E-state index in [4.69, 9.17) is 0 Å². The number of fused-ring (bicyclic) bond motifs is 4. The standard InChI is InChI=1S/C14H14N10O4/c1-5-15-11-19-7(25)3-9(27)21-13-17-6(2)18-14(24-13)22-10(28)4-8(26)20-12(16-5)23-11/h3-4H2,1-2H3,(H2,15,16,19,20,23,25,26)(H2,17,18,21,22,24,27,28). The van der Waals surface area contributed by atoms with Gasteiger partial charge in [-0.25, -0.2) is 0 Å². The molecule has 2 aromatic heterocycles. The fourth-order valence-electron chi connectivity index (χ4n) is 2.15. The summed E-state index contributed by atoms with van der Waals surface area (Å²) in [6.45, 7) is 3.03. The van der Waals surface area contributed by atoms with Crippen LogP contribution in [0.2, 0.25) is 0 Å². The van der Waals surface area contributed by atoms with Crippen LogP contribution >= 0.6 is 0 Å². The van der Waals surface area contributed by atoms with Crippen molar-refractivity contribution in [3.8, 4) is 0 Å². The highest BCUT2D eigenvalue weighted by Gasteiger charge is 2.18. The molecule has 0 aromatic carbocycles. The number of carbonyl (C=O) groups is 4. The summed E-state index contributed by atoms with van der Waals surface area (Å²) in [7, 11) is 0. The lowest BCUT2D eigenvalue weighted by atomic mass is 10.3. The van der Waals surface area contributed by atoms with Gasteiger partial charge in [0.05, 0.1) is 0 Å². The first-order chi connectivity index (χ1) is 13.3. The maximum absolute atomic E-state index is 12.0. The number of nitrogens with one attached hydrogen (secondary N) is 4. The molecule has 4 bridgehead atoms. The predicted octanol–water partition coefficient (Wildman–Crippen LogP) is -1.08. The number of nitrogens with zero attached hydrogens (tertiary/aromatic N) is 6. The zero-order valence-electron chi connectivity index (χ0n) is 14.7. The van der Waals surface area contributed by atoms with Gasteiger partial charge in [-0.15, -0.1) is 0 Å². The van der Waals surface area contributed by atoms with E-state index in [2.05, 4.69) is 51.2 Å². The molecule has 0 spiro atoms. The minimum atomic E-state index is -0.702. The third-order valence-corrected chi connectivity index (χ3v) is 3.14. The molecule has 0 saturated carbocycles. The van der Waals surface area contributed by atoms with Gasteiger partial charge in [0.15, 0.2) is 0 Å². The molecule has 0 saturated heterocycles. The molecule has 3 rings (SSSR count). The zero-order chi connectivity index (χ0) is 20.3. The van der Waals surface area contributed by atoms with Crippen molar-refractivity contribution in [1.29, 1.82) is 0 Å². The second-order valence-electron chi connectivity index (χ2n) is 5.61. The number of hydrogen-bond acceptors (Lipinski definition) is 10. The zero-order valence-corrected chi connectivity index (χ0v) is 14.7. The second kappa shape index (κ2) is 7.65. The summed E-state index contributed by atoms with van der Waals surface area (Å²) in [4.78, 5) is 71.5. The van der Waals surface area contributed by atoms with Crippen molar-refractivity contribution in [2.45, 2.75) is 26.7 Å². The van der Waals surface area contributed by atoms with Gasteiger partial charge in [-0.1, -0.05) is 0 Å². The van der Waals surface area contributed by atoms with Crippen LogP contribution in [0.4, 0.5) is 23.8 Å². The molecule has 0 fully saturated rings. The highest BCUT2D eigenvalue weighted by atomic mass is 16.2.